The van der Waals surface area contributed by atoms with E-state index in [1.807, 2.05) is 0 Å². The molecular weight excluding hydrogens is 184 g/mol. The Morgan fingerprint density at radius 1 is 1.27 bits per heavy atom. The van der Waals surface area contributed by atoms with Crippen molar-refractivity contribution in [3.8, 4) is 0 Å². The molecule has 2 unspecified atom stereocenters. The number of likely N-dealkylation sites (N-methyl/N-ethyl adjacent to an activating group) is 1. The van der Waals surface area contributed by atoms with Gasteiger partial charge >= 0.3 is 0 Å². The largest absolute Gasteiger partial charge is 0.329 e. The molecule has 0 aromatic rings. The van der Waals surface area contributed by atoms with Gasteiger partial charge in [0.25, 0.3) is 0 Å². The second-order valence-corrected chi connectivity index (χ2v) is 5.83. The zero-order valence-electron chi connectivity index (χ0n) is 10.3. The lowest BCUT2D eigenvalue weighted by Crippen LogP contribution is -2.59. The molecule has 15 heavy (non-hydrogen) atoms. The van der Waals surface area contributed by atoms with Crippen molar-refractivity contribution in [1.29, 1.82) is 0 Å². The van der Waals surface area contributed by atoms with Gasteiger partial charge in [0.05, 0.1) is 0 Å². The Morgan fingerprint density at radius 3 is 2.47 bits per heavy atom. The van der Waals surface area contributed by atoms with E-state index in [2.05, 4.69) is 18.9 Å². The highest BCUT2D eigenvalue weighted by Gasteiger charge is 2.41. The van der Waals surface area contributed by atoms with Crippen LogP contribution in [0, 0.1) is 5.92 Å². The molecule has 2 nitrogen and oxygen atoms in total. The van der Waals surface area contributed by atoms with Crippen LogP contribution in [0.25, 0.3) is 0 Å². The van der Waals surface area contributed by atoms with Crippen molar-refractivity contribution >= 4 is 0 Å². The van der Waals surface area contributed by atoms with E-state index in [1.165, 1.54) is 44.9 Å². The highest BCUT2D eigenvalue weighted by molar-refractivity contribution is 4.98. The van der Waals surface area contributed by atoms with Gasteiger partial charge in [0, 0.05) is 18.1 Å². The first-order valence-electron chi connectivity index (χ1n) is 6.61. The van der Waals surface area contributed by atoms with Crippen molar-refractivity contribution < 1.29 is 0 Å². The lowest BCUT2D eigenvalue weighted by Gasteiger charge is -2.51. The molecule has 2 aliphatic carbocycles. The fourth-order valence-electron chi connectivity index (χ4n) is 3.44. The van der Waals surface area contributed by atoms with Gasteiger partial charge in [-0.1, -0.05) is 26.2 Å². The summed E-state index contributed by atoms with van der Waals surface area (Å²) in [5.41, 5.74) is 6.41. The molecule has 0 aromatic carbocycles. The summed E-state index contributed by atoms with van der Waals surface area (Å²) >= 11 is 0. The Hall–Kier alpha value is -0.0800. The second kappa shape index (κ2) is 4.42. The highest BCUT2D eigenvalue weighted by atomic mass is 15.2. The SMILES string of the molecule is CC1CCCC(CN)(N(C)C2CCC2)C1. The van der Waals surface area contributed by atoms with Gasteiger partial charge in [0.2, 0.25) is 0 Å². The predicted octanol–water partition coefficient (Wildman–Crippen LogP) is 2.38. The highest BCUT2D eigenvalue weighted by Crippen LogP contribution is 2.39. The molecule has 2 aliphatic rings. The lowest BCUT2D eigenvalue weighted by molar-refractivity contribution is 0.0000182. The Bertz CT molecular complexity index is 213. The van der Waals surface area contributed by atoms with E-state index < -0.39 is 0 Å². The van der Waals surface area contributed by atoms with Crippen molar-refractivity contribution in [3.63, 3.8) is 0 Å². The summed E-state index contributed by atoms with van der Waals surface area (Å²) in [7, 11) is 2.31. The molecule has 0 saturated heterocycles. The van der Waals surface area contributed by atoms with Crippen molar-refractivity contribution in [2.75, 3.05) is 13.6 Å². The van der Waals surface area contributed by atoms with E-state index in [-0.39, 0.29) is 0 Å². The normalized spacial score (nSPS) is 38.0. The second-order valence-electron chi connectivity index (χ2n) is 5.83. The van der Waals surface area contributed by atoms with E-state index in [0.29, 0.717) is 5.54 Å². The fourth-order valence-corrected chi connectivity index (χ4v) is 3.44. The minimum Gasteiger partial charge on any atom is -0.329 e. The maximum Gasteiger partial charge on any atom is 0.0334 e. The Kier molecular flexibility index (Phi) is 3.36. The number of nitrogens with zero attached hydrogens (tertiary/aromatic N) is 1. The van der Waals surface area contributed by atoms with Crippen LogP contribution in [-0.2, 0) is 0 Å². The zero-order valence-corrected chi connectivity index (χ0v) is 10.3. The minimum atomic E-state index is 0.336. The zero-order chi connectivity index (χ0) is 10.9. The summed E-state index contributed by atoms with van der Waals surface area (Å²) in [5.74, 6) is 0.866. The van der Waals surface area contributed by atoms with E-state index >= 15 is 0 Å². The molecule has 2 saturated carbocycles. The first-order chi connectivity index (χ1) is 7.18. The Balaban J connectivity index is 2.04. The molecule has 2 fully saturated rings. The maximum atomic E-state index is 6.08. The average molecular weight is 210 g/mol. The molecule has 2 rings (SSSR count). The maximum absolute atomic E-state index is 6.08. The van der Waals surface area contributed by atoms with Crippen LogP contribution in [0.1, 0.15) is 51.9 Å². The molecule has 0 radical (unpaired) electrons. The summed E-state index contributed by atoms with van der Waals surface area (Å²) in [6.07, 6.45) is 9.62. The fraction of sp³-hybridized carbons (Fsp3) is 1.00. The standard InChI is InChI=1S/C13H26N2/c1-11-5-4-8-13(9-11,10-14)15(2)12-6-3-7-12/h11-12H,3-10,14H2,1-2H3. The monoisotopic (exact) mass is 210 g/mol. The molecule has 2 N–H and O–H groups in total. The Morgan fingerprint density at radius 2 is 2.00 bits per heavy atom. The van der Waals surface area contributed by atoms with Crippen molar-refractivity contribution in [2.45, 2.75) is 63.5 Å². The molecule has 0 aliphatic heterocycles. The van der Waals surface area contributed by atoms with E-state index in [4.69, 9.17) is 5.73 Å². The number of hydrogen-bond acceptors (Lipinski definition) is 2. The summed E-state index contributed by atoms with van der Waals surface area (Å²) in [4.78, 5) is 2.63. The number of rotatable bonds is 3. The third-order valence-corrected chi connectivity index (χ3v) is 4.82. The first-order valence-corrected chi connectivity index (χ1v) is 6.61. The number of hydrogen-bond donors (Lipinski definition) is 1. The van der Waals surface area contributed by atoms with Crippen LogP contribution in [0.15, 0.2) is 0 Å². The smallest absolute Gasteiger partial charge is 0.0334 e. The minimum absolute atomic E-state index is 0.336. The van der Waals surface area contributed by atoms with E-state index in [1.54, 1.807) is 0 Å². The third-order valence-electron chi connectivity index (χ3n) is 4.82. The van der Waals surface area contributed by atoms with Crippen molar-refractivity contribution in [1.82, 2.24) is 4.90 Å². The molecule has 2 atom stereocenters. The van der Waals surface area contributed by atoms with Gasteiger partial charge in [0.1, 0.15) is 0 Å². The summed E-state index contributed by atoms with van der Waals surface area (Å²) in [6.45, 7) is 3.24. The van der Waals surface area contributed by atoms with Gasteiger partial charge in [-0.3, -0.25) is 4.90 Å². The summed E-state index contributed by atoms with van der Waals surface area (Å²) < 4.78 is 0. The van der Waals surface area contributed by atoms with Gasteiger partial charge in [-0.2, -0.15) is 0 Å². The quantitative estimate of drug-likeness (QED) is 0.775. The molecule has 0 bridgehead atoms. The van der Waals surface area contributed by atoms with Gasteiger partial charge in [-0.25, -0.2) is 0 Å². The van der Waals surface area contributed by atoms with E-state index in [9.17, 15) is 0 Å². The van der Waals surface area contributed by atoms with Gasteiger partial charge in [-0.05, 0) is 38.6 Å². The lowest BCUT2D eigenvalue weighted by atomic mass is 9.73. The summed E-state index contributed by atoms with van der Waals surface area (Å²) in [5, 5.41) is 0. The van der Waals surface area contributed by atoms with Crippen molar-refractivity contribution in [3.05, 3.63) is 0 Å². The van der Waals surface area contributed by atoms with Crippen LogP contribution in [0.5, 0.6) is 0 Å². The van der Waals surface area contributed by atoms with Crippen LogP contribution in [0.4, 0.5) is 0 Å². The molecule has 0 aromatic heterocycles. The molecule has 0 amide bonds. The predicted molar refractivity (Wildman–Crippen MR) is 64.8 cm³/mol. The van der Waals surface area contributed by atoms with Crippen molar-refractivity contribution in [2.24, 2.45) is 11.7 Å². The number of nitrogens with two attached hydrogens (primary N) is 1. The summed E-state index contributed by atoms with van der Waals surface area (Å²) in [6, 6.07) is 0.832. The topological polar surface area (TPSA) is 29.3 Å². The molecule has 2 heteroatoms. The van der Waals surface area contributed by atoms with Crippen LogP contribution < -0.4 is 5.73 Å². The van der Waals surface area contributed by atoms with Gasteiger partial charge in [0.15, 0.2) is 0 Å². The third kappa shape index (κ3) is 2.07. The molecule has 88 valence electrons. The van der Waals surface area contributed by atoms with Crippen LogP contribution in [0.3, 0.4) is 0 Å². The Labute approximate surface area is 94.2 Å². The molecule has 0 heterocycles. The van der Waals surface area contributed by atoms with E-state index in [0.717, 1.165) is 18.5 Å². The average Bonchev–Trinajstić information content (AvgIpc) is 2.15. The van der Waals surface area contributed by atoms with Crippen LogP contribution in [0.2, 0.25) is 0 Å². The van der Waals surface area contributed by atoms with Crippen LogP contribution >= 0.6 is 0 Å². The molecule has 0 spiro atoms. The van der Waals surface area contributed by atoms with Gasteiger partial charge < -0.3 is 5.73 Å². The first kappa shape index (κ1) is 11.4. The van der Waals surface area contributed by atoms with Gasteiger partial charge in [-0.15, -0.1) is 0 Å². The molecular formula is C13H26N2. The van der Waals surface area contributed by atoms with Crippen LogP contribution in [-0.4, -0.2) is 30.1 Å².